The van der Waals surface area contributed by atoms with E-state index in [1.54, 1.807) is 7.05 Å². The van der Waals surface area contributed by atoms with E-state index in [4.69, 9.17) is 0 Å². The lowest BCUT2D eigenvalue weighted by Crippen LogP contribution is -2.10. The van der Waals surface area contributed by atoms with E-state index in [0.717, 1.165) is 5.71 Å². The molecular formula is C10H21N3. The summed E-state index contributed by atoms with van der Waals surface area (Å²) in [6, 6.07) is 0. The van der Waals surface area contributed by atoms with Gasteiger partial charge in [-0.3, -0.25) is 0 Å². The molecule has 0 heterocycles. The van der Waals surface area contributed by atoms with Crippen LogP contribution in [0.3, 0.4) is 0 Å². The fourth-order valence-corrected chi connectivity index (χ4v) is 1.46. The summed E-state index contributed by atoms with van der Waals surface area (Å²) >= 11 is 0. The first-order valence-corrected chi connectivity index (χ1v) is 5.09. The summed E-state index contributed by atoms with van der Waals surface area (Å²) in [6.45, 7) is 6.46. The molecule has 13 heavy (non-hydrogen) atoms. The molecule has 0 aliphatic heterocycles. The van der Waals surface area contributed by atoms with Crippen molar-refractivity contribution in [1.82, 2.24) is 0 Å². The summed E-state index contributed by atoms with van der Waals surface area (Å²) in [5.41, 5.74) is 1.12. The Hall–Kier alpha value is -0.730. The van der Waals surface area contributed by atoms with Crippen molar-refractivity contribution in [3.8, 4) is 0 Å². The molecule has 0 amide bonds. The molecule has 0 spiro atoms. The predicted molar refractivity (Wildman–Crippen MR) is 57.2 cm³/mol. The van der Waals surface area contributed by atoms with Crippen molar-refractivity contribution in [2.24, 2.45) is 21.4 Å². The molecule has 76 valence electrons. The maximum Gasteiger partial charge on any atom is 0.0509 e. The first-order chi connectivity index (χ1) is 6.26. The third kappa shape index (κ3) is 5.50. The molecular weight excluding hydrogens is 162 g/mol. The minimum Gasteiger partial charge on any atom is -0.172 e. The molecule has 3 nitrogen and oxygen atoms in total. The summed E-state index contributed by atoms with van der Waals surface area (Å²) < 4.78 is 0. The molecule has 0 radical (unpaired) electrons. The monoisotopic (exact) mass is 183 g/mol. The highest BCUT2D eigenvalue weighted by atomic mass is 15.4. The van der Waals surface area contributed by atoms with E-state index in [1.807, 2.05) is 6.92 Å². The molecule has 0 fully saturated rings. The predicted octanol–water partition coefficient (Wildman–Crippen LogP) is 3.66. The number of rotatable bonds is 6. The van der Waals surface area contributed by atoms with Gasteiger partial charge in [-0.05, 0) is 25.7 Å². The second-order valence-electron chi connectivity index (χ2n) is 3.31. The Bertz CT molecular complexity index is 167. The third-order valence-corrected chi connectivity index (χ3v) is 2.16. The highest BCUT2D eigenvalue weighted by molar-refractivity contribution is 5.84. The maximum absolute atomic E-state index is 4.06. The molecule has 0 N–H and O–H groups in total. The smallest absolute Gasteiger partial charge is 0.0509 e. The highest BCUT2D eigenvalue weighted by Gasteiger charge is 2.09. The molecule has 0 saturated heterocycles. The van der Waals surface area contributed by atoms with Gasteiger partial charge in [0.2, 0.25) is 0 Å². The lowest BCUT2D eigenvalue weighted by atomic mass is 9.94. The van der Waals surface area contributed by atoms with Gasteiger partial charge in [-0.1, -0.05) is 31.9 Å². The third-order valence-electron chi connectivity index (χ3n) is 2.16. The Kier molecular flexibility index (Phi) is 7.45. The van der Waals surface area contributed by atoms with Crippen LogP contribution in [-0.2, 0) is 0 Å². The van der Waals surface area contributed by atoms with Crippen LogP contribution >= 0.6 is 0 Å². The van der Waals surface area contributed by atoms with Gasteiger partial charge in [-0.25, -0.2) is 0 Å². The van der Waals surface area contributed by atoms with Crippen LogP contribution < -0.4 is 0 Å². The number of nitrogens with zero attached hydrogens (tertiary/aromatic N) is 3. The lowest BCUT2D eigenvalue weighted by molar-refractivity contribution is 0.555. The number of hydrogen-bond acceptors (Lipinski definition) is 2. The van der Waals surface area contributed by atoms with Gasteiger partial charge < -0.3 is 0 Å². The molecule has 0 aromatic rings. The van der Waals surface area contributed by atoms with Crippen molar-refractivity contribution < 1.29 is 0 Å². The second kappa shape index (κ2) is 7.90. The Morgan fingerprint density at radius 1 is 1.15 bits per heavy atom. The zero-order valence-electron chi connectivity index (χ0n) is 9.25. The molecule has 0 aliphatic rings. The first-order valence-electron chi connectivity index (χ1n) is 5.09. The SMILES string of the molecule is CCCC(CCC)/C(C)=N\N=NC. The average molecular weight is 183 g/mol. The van der Waals surface area contributed by atoms with Crippen molar-refractivity contribution in [2.75, 3.05) is 7.05 Å². The molecule has 0 unspecified atom stereocenters. The minimum atomic E-state index is 0.598. The van der Waals surface area contributed by atoms with Gasteiger partial charge in [0.15, 0.2) is 0 Å². The maximum atomic E-state index is 4.06. The van der Waals surface area contributed by atoms with Crippen molar-refractivity contribution in [1.29, 1.82) is 0 Å². The van der Waals surface area contributed by atoms with Crippen LogP contribution in [0.4, 0.5) is 0 Å². The second-order valence-corrected chi connectivity index (χ2v) is 3.31. The molecule has 0 saturated carbocycles. The quantitative estimate of drug-likeness (QED) is 0.342. The first kappa shape index (κ1) is 12.3. The zero-order chi connectivity index (χ0) is 10.1. The van der Waals surface area contributed by atoms with Gasteiger partial charge >= 0.3 is 0 Å². The largest absolute Gasteiger partial charge is 0.172 e. The van der Waals surface area contributed by atoms with E-state index in [9.17, 15) is 0 Å². The van der Waals surface area contributed by atoms with Gasteiger partial charge in [0.25, 0.3) is 0 Å². The molecule has 0 aromatic heterocycles. The van der Waals surface area contributed by atoms with Crippen molar-refractivity contribution in [2.45, 2.75) is 46.5 Å². The molecule has 0 bridgehead atoms. The molecule has 0 rings (SSSR count). The summed E-state index contributed by atoms with van der Waals surface area (Å²) in [5, 5.41) is 11.3. The van der Waals surface area contributed by atoms with Crippen molar-refractivity contribution >= 4 is 5.71 Å². The molecule has 0 atom stereocenters. The van der Waals surface area contributed by atoms with E-state index >= 15 is 0 Å². The standard InChI is InChI=1S/C10H21N3/c1-5-7-10(8-6-2)9(3)12-13-11-4/h10H,5-8H2,1-4H3/b12-9-,13-11?. The summed E-state index contributed by atoms with van der Waals surface area (Å²) in [6.07, 6.45) is 4.84. The van der Waals surface area contributed by atoms with Crippen LogP contribution in [0.25, 0.3) is 0 Å². The van der Waals surface area contributed by atoms with Crippen LogP contribution in [0, 0.1) is 5.92 Å². The van der Waals surface area contributed by atoms with Gasteiger partial charge in [-0.15, -0.1) is 5.10 Å². The number of hydrogen-bond donors (Lipinski definition) is 0. The van der Waals surface area contributed by atoms with Gasteiger partial charge in [0.05, 0.1) is 7.05 Å². The summed E-state index contributed by atoms with van der Waals surface area (Å²) in [4.78, 5) is 0. The van der Waals surface area contributed by atoms with E-state index < -0.39 is 0 Å². The van der Waals surface area contributed by atoms with Crippen LogP contribution in [0.5, 0.6) is 0 Å². The fourth-order valence-electron chi connectivity index (χ4n) is 1.46. The summed E-state index contributed by atoms with van der Waals surface area (Å²) in [7, 11) is 1.64. The highest BCUT2D eigenvalue weighted by Crippen LogP contribution is 2.15. The molecule has 0 aromatic carbocycles. The minimum absolute atomic E-state index is 0.598. The Balaban J connectivity index is 4.16. The summed E-state index contributed by atoms with van der Waals surface area (Å²) in [5.74, 6) is 0.598. The zero-order valence-corrected chi connectivity index (χ0v) is 9.25. The van der Waals surface area contributed by atoms with E-state index in [-0.39, 0.29) is 0 Å². The lowest BCUT2D eigenvalue weighted by Gasteiger charge is -2.13. The van der Waals surface area contributed by atoms with Crippen LogP contribution in [0.15, 0.2) is 15.4 Å². The molecule has 3 heteroatoms. The van der Waals surface area contributed by atoms with Gasteiger partial charge in [-0.2, -0.15) is 5.11 Å². The fraction of sp³-hybridized carbons (Fsp3) is 0.900. The average Bonchev–Trinajstić information content (AvgIpc) is 2.14. The van der Waals surface area contributed by atoms with Crippen LogP contribution in [0.2, 0.25) is 0 Å². The van der Waals surface area contributed by atoms with Crippen LogP contribution in [-0.4, -0.2) is 12.8 Å². The van der Waals surface area contributed by atoms with E-state index in [2.05, 4.69) is 29.3 Å². The van der Waals surface area contributed by atoms with Crippen molar-refractivity contribution in [3.05, 3.63) is 0 Å². The van der Waals surface area contributed by atoms with Gasteiger partial charge in [0, 0.05) is 5.71 Å². The Morgan fingerprint density at radius 2 is 1.69 bits per heavy atom. The Labute approximate surface area is 81.3 Å². The van der Waals surface area contributed by atoms with Gasteiger partial charge in [0.1, 0.15) is 0 Å². The van der Waals surface area contributed by atoms with E-state index in [0.29, 0.717) is 5.92 Å². The normalized spacial score (nSPS) is 13.2. The molecule has 0 aliphatic carbocycles. The topological polar surface area (TPSA) is 37.1 Å². The Morgan fingerprint density at radius 3 is 2.08 bits per heavy atom. The van der Waals surface area contributed by atoms with Crippen LogP contribution in [0.1, 0.15) is 46.5 Å². The van der Waals surface area contributed by atoms with E-state index in [1.165, 1.54) is 25.7 Å². The van der Waals surface area contributed by atoms with Crippen molar-refractivity contribution in [3.63, 3.8) is 0 Å².